The van der Waals surface area contributed by atoms with Crippen molar-refractivity contribution < 1.29 is 9.59 Å². The van der Waals surface area contributed by atoms with Crippen molar-refractivity contribution in [1.29, 1.82) is 0 Å². The van der Waals surface area contributed by atoms with Crippen LogP contribution in [-0.2, 0) is 4.79 Å². The molecule has 0 saturated heterocycles. The van der Waals surface area contributed by atoms with Crippen molar-refractivity contribution in [3.8, 4) is 11.3 Å². The number of aryl methyl sites for hydroxylation is 1. The number of carbonyl (C=O) groups excluding carboxylic acids is 2. The first kappa shape index (κ1) is 14.9. The van der Waals surface area contributed by atoms with Gasteiger partial charge in [0.2, 0.25) is 0 Å². The molecule has 0 N–H and O–H groups in total. The summed E-state index contributed by atoms with van der Waals surface area (Å²) in [5.74, 6) is 0. The molecule has 1 atom stereocenters. The fourth-order valence-electron chi connectivity index (χ4n) is 3.52. The van der Waals surface area contributed by atoms with Crippen molar-refractivity contribution in [3.05, 3.63) is 65.2 Å². The lowest BCUT2D eigenvalue weighted by Gasteiger charge is -2.21. The lowest BCUT2D eigenvalue weighted by molar-refractivity contribution is -0.109. The third-order valence-corrected chi connectivity index (χ3v) is 4.79. The topological polar surface area (TPSA) is 39.1 Å². The third kappa shape index (κ3) is 1.98. The number of halogens is 1. The Morgan fingerprint density at radius 1 is 1.12 bits per heavy atom. The minimum Gasteiger partial charge on any atom is -0.325 e. The second kappa shape index (κ2) is 5.46. The van der Waals surface area contributed by atoms with Crippen LogP contribution in [0.4, 0.5) is 0 Å². The predicted molar refractivity (Wildman–Crippen MR) is 96.4 cm³/mol. The summed E-state index contributed by atoms with van der Waals surface area (Å²) in [6.45, 7) is 1.97. The van der Waals surface area contributed by atoms with Gasteiger partial charge < -0.3 is 9.36 Å². The Morgan fingerprint density at radius 3 is 2.54 bits per heavy atom. The van der Waals surface area contributed by atoms with Crippen LogP contribution in [0.1, 0.15) is 27.5 Å². The second-order valence-electron chi connectivity index (χ2n) is 5.97. The highest BCUT2D eigenvalue weighted by Crippen LogP contribution is 2.43. The molecule has 0 radical (unpaired) electrons. The van der Waals surface area contributed by atoms with Gasteiger partial charge in [-0.1, -0.05) is 41.9 Å². The number of allylic oxidation sites excluding steroid dienone is 1. The number of aldehydes is 2. The minimum atomic E-state index is -0.529. The maximum Gasteiger partial charge on any atom is 0.152 e. The number of aromatic nitrogens is 1. The van der Waals surface area contributed by atoms with Crippen LogP contribution in [0.25, 0.3) is 27.2 Å². The highest BCUT2D eigenvalue weighted by Gasteiger charge is 2.28. The van der Waals surface area contributed by atoms with E-state index >= 15 is 0 Å². The van der Waals surface area contributed by atoms with E-state index < -0.39 is 6.04 Å². The first-order valence-corrected chi connectivity index (χ1v) is 8.05. The van der Waals surface area contributed by atoms with E-state index in [0.29, 0.717) is 10.6 Å². The van der Waals surface area contributed by atoms with E-state index in [-0.39, 0.29) is 0 Å². The number of benzene rings is 2. The number of carbonyl (C=O) groups is 2. The van der Waals surface area contributed by atoms with Crippen LogP contribution >= 0.6 is 11.6 Å². The zero-order valence-corrected chi connectivity index (χ0v) is 13.7. The zero-order valence-electron chi connectivity index (χ0n) is 13.0. The molecular weight excluding hydrogens is 322 g/mol. The summed E-state index contributed by atoms with van der Waals surface area (Å²) in [4.78, 5) is 23.6. The van der Waals surface area contributed by atoms with Gasteiger partial charge in [0, 0.05) is 21.5 Å². The van der Waals surface area contributed by atoms with Crippen LogP contribution in [0.15, 0.2) is 48.5 Å². The first-order valence-electron chi connectivity index (χ1n) is 7.68. The molecule has 1 unspecified atom stereocenters. The highest BCUT2D eigenvalue weighted by atomic mass is 35.5. The van der Waals surface area contributed by atoms with Gasteiger partial charge in [0.05, 0.1) is 11.2 Å². The third-order valence-electron chi connectivity index (χ3n) is 4.46. The summed E-state index contributed by atoms with van der Waals surface area (Å²) < 4.78 is 1.92. The summed E-state index contributed by atoms with van der Waals surface area (Å²) in [7, 11) is 0. The SMILES string of the molecule is Cc1cc2c3c(c1)c(C=O)c(-c1ccccc1)n3C(C=O)C=C2Cl. The maximum absolute atomic E-state index is 11.9. The molecule has 4 rings (SSSR count). The molecule has 0 amide bonds. The summed E-state index contributed by atoms with van der Waals surface area (Å²) in [6.07, 6.45) is 3.45. The minimum absolute atomic E-state index is 0.529. The van der Waals surface area contributed by atoms with E-state index in [4.69, 9.17) is 11.6 Å². The molecule has 1 aliphatic rings. The quantitative estimate of drug-likeness (QED) is 0.647. The first-order chi connectivity index (χ1) is 11.7. The van der Waals surface area contributed by atoms with Gasteiger partial charge in [-0.05, 0) is 36.3 Å². The Labute approximate surface area is 144 Å². The van der Waals surface area contributed by atoms with E-state index in [9.17, 15) is 9.59 Å². The van der Waals surface area contributed by atoms with E-state index in [2.05, 4.69) is 0 Å². The Balaban J connectivity index is 2.23. The van der Waals surface area contributed by atoms with E-state index in [1.54, 1.807) is 6.08 Å². The van der Waals surface area contributed by atoms with Crippen LogP contribution in [0.3, 0.4) is 0 Å². The monoisotopic (exact) mass is 335 g/mol. The van der Waals surface area contributed by atoms with Gasteiger partial charge >= 0.3 is 0 Å². The smallest absolute Gasteiger partial charge is 0.152 e. The Bertz CT molecular complexity index is 1020. The van der Waals surface area contributed by atoms with Gasteiger partial charge in [-0.15, -0.1) is 0 Å². The fourth-order valence-corrected chi connectivity index (χ4v) is 3.79. The van der Waals surface area contributed by atoms with Gasteiger partial charge in [-0.25, -0.2) is 0 Å². The number of nitrogens with zero attached hydrogens (tertiary/aromatic N) is 1. The van der Waals surface area contributed by atoms with Gasteiger partial charge in [0.25, 0.3) is 0 Å². The van der Waals surface area contributed by atoms with Crippen LogP contribution in [0.5, 0.6) is 0 Å². The summed E-state index contributed by atoms with van der Waals surface area (Å²) in [5, 5.41) is 1.37. The Hall–Kier alpha value is -2.65. The van der Waals surface area contributed by atoms with Crippen molar-refractivity contribution in [2.45, 2.75) is 13.0 Å². The van der Waals surface area contributed by atoms with Crippen LogP contribution in [0, 0.1) is 6.92 Å². The average Bonchev–Trinajstić information content (AvgIpc) is 2.93. The predicted octanol–water partition coefficient (Wildman–Crippen LogP) is 4.76. The van der Waals surface area contributed by atoms with Crippen LogP contribution < -0.4 is 0 Å². The van der Waals surface area contributed by atoms with E-state index in [1.165, 1.54) is 0 Å². The molecule has 3 nitrogen and oxygen atoms in total. The molecular formula is C20H14ClNO2. The van der Waals surface area contributed by atoms with Crippen molar-refractivity contribution >= 4 is 40.1 Å². The molecule has 3 aromatic rings. The maximum atomic E-state index is 11.9. The second-order valence-corrected chi connectivity index (χ2v) is 6.37. The van der Waals surface area contributed by atoms with Crippen molar-refractivity contribution in [1.82, 2.24) is 4.57 Å². The van der Waals surface area contributed by atoms with E-state index in [1.807, 2.05) is 54.0 Å². The van der Waals surface area contributed by atoms with Crippen molar-refractivity contribution in [2.24, 2.45) is 0 Å². The molecule has 0 fully saturated rings. The van der Waals surface area contributed by atoms with Gasteiger partial charge in [0.1, 0.15) is 12.3 Å². The van der Waals surface area contributed by atoms with Crippen molar-refractivity contribution in [3.63, 3.8) is 0 Å². The van der Waals surface area contributed by atoms with Gasteiger partial charge in [-0.3, -0.25) is 4.79 Å². The number of rotatable bonds is 3. The summed E-state index contributed by atoms with van der Waals surface area (Å²) in [5.41, 5.74) is 4.96. The highest BCUT2D eigenvalue weighted by molar-refractivity contribution is 6.50. The van der Waals surface area contributed by atoms with Crippen LogP contribution in [-0.4, -0.2) is 17.1 Å². The molecule has 1 aromatic heterocycles. The molecule has 0 aliphatic carbocycles. The largest absolute Gasteiger partial charge is 0.325 e. The standard InChI is InChI=1S/C20H14ClNO2/c1-12-7-15-17(11-24)19(13-5-3-2-4-6-13)22-14(10-23)9-18(21)16(8-12)20(15)22/h2-11,14H,1H3. The zero-order chi connectivity index (χ0) is 16.8. The molecule has 2 aromatic carbocycles. The van der Waals surface area contributed by atoms with Gasteiger partial charge in [0.15, 0.2) is 6.29 Å². The molecule has 24 heavy (non-hydrogen) atoms. The Kier molecular flexibility index (Phi) is 3.39. The molecule has 0 saturated carbocycles. The molecule has 4 heteroatoms. The number of hydrogen-bond donors (Lipinski definition) is 0. The molecule has 2 heterocycles. The number of hydrogen-bond acceptors (Lipinski definition) is 2. The van der Waals surface area contributed by atoms with Gasteiger partial charge in [-0.2, -0.15) is 0 Å². The lowest BCUT2D eigenvalue weighted by atomic mass is 10.0. The lowest BCUT2D eigenvalue weighted by Crippen LogP contribution is -2.13. The Morgan fingerprint density at radius 2 is 1.88 bits per heavy atom. The normalized spacial score (nSPS) is 16.1. The molecule has 118 valence electrons. The van der Waals surface area contributed by atoms with E-state index in [0.717, 1.165) is 45.9 Å². The summed E-state index contributed by atoms with van der Waals surface area (Å²) in [6, 6.07) is 13.1. The summed E-state index contributed by atoms with van der Waals surface area (Å²) >= 11 is 6.41. The van der Waals surface area contributed by atoms with Crippen LogP contribution in [0.2, 0.25) is 0 Å². The molecule has 0 spiro atoms. The molecule has 0 bridgehead atoms. The van der Waals surface area contributed by atoms with Crippen molar-refractivity contribution in [2.75, 3.05) is 0 Å². The average molecular weight is 336 g/mol. The molecule has 1 aliphatic heterocycles. The fraction of sp³-hybridized carbons (Fsp3) is 0.100.